The van der Waals surface area contributed by atoms with Crippen LogP contribution in [0.15, 0.2) is 12.1 Å². The fourth-order valence-electron chi connectivity index (χ4n) is 1.94. The van der Waals surface area contributed by atoms with E-state index in [0.717, 1.165) is 6.54 Å². The van der Waals surface area contributed by atoms with E-state index in [-0.39, 0.29) is 11.9 Å². The zero-order valence-electron chi connectivity index (χ0n) is 9.96. The molecule has 0 aromatic heterocycles. The fourth-order valence-corrected chi connectivity index (χ4v) is 1.94. The second-order valence-corrected chi connectivity index (χ2v) is 3.76. The SMILES string of the molecule is COc1ccc(OC)c(C2CNCCO2)c1F. The van der Waals surface area contributed by atoms with Gasteiger partial charge in [-0.15, -0.1) is 0 Å². The summed E-state index contributed by atoms with van der Waals surface area (Å²) in [5, 5.41) is 3.16. The predicted octanol–water partition coefficient (Wildman–Crippen LogP) is 1.50. The van der Waals surface area contributed by atoms with E-state index in [9.17, 15) is 4.39 Å². The molecule has 1 heterocycles. The van der Waals surface area contributed by atoms with E-state index in [1.807, 2.05) is 0 Å². The van der Waals surface area contributed by atoms with Crippen LogP contribution in [0.5, 0.6) is 11.5 Å². The minimum Gasteiger partial charge on any atom is -0.496 e. The van der Waals surface area contributed by atoms with Gasteiger partial charge in [0.1, 0.15) is 11.9 Å². The van der Waals surface area contributed by atoms with E-state index in [0.29, 0.717) is 24.5 Å². The molecule has 0 aliphatic carbocycles. The van der Waals surface area contributed by atoms with Crippen molar-refractivity contribution in [1.29, 1.82) is 0 Å². The normalized spacial score (nSPS) is 20.1. The molecule has 1 saturated heterocycles. The van der Waals surface area contributed by atoms with Crippen molar-refractivity contribution in [3.8, 4) is 11.5 Å². The molecule has 1 aliphatic rings. The average Bonchev–Trinajstić information content (AvgIpc) is 2.39. The number of benzene rings is 1. The molecule has 1 N–H and O–H groups in total. The lowest BCUT2D eigenvalue weighted by Gasteiger charge is -2.26. The van der Waals surface area contributed by atoms with Crippen LogP contribution in [-0.4, -0.2) is 33.9 Å². The Balaban J connectivity index is 2.40. The van der Waals surface area contributed by atoms with Crippen LogP contribution in [0.1, 0.15) is 11.7 Å². The van der Waals surface area contributed by atoms with Gasteiger partial charge in [-0.3, -0.25) is 0 Å². The number of hydrogen-bond acceptors (Lipinski definition) is 4. The Morgan fingerprint density at radius 1 is 1.29 bits per heavy atom. The molecule has 0 amide bonds. The first-order valence-corrected chi connectivity index (χ1v) is 5.50. The number of methoxy groups -OCH3 is 2. The van der Waals surface area contributed by atoms with Crippen molar-refractivity contribution >= 4 is 0 Å². The molecule has 4 nitrogen and oxygen atoms in total. The molecule has 0 saturated carbocycles. The van der Waals surface area contributed by atoms with Gasteiger partial charge in [-0.2, -0.15) is 0 Å². The highest BCUT2D eigenvalue weighted by atomic mass is 19.1. The van der Waals surface area contributed by atoms with E-state index in [1.54, 1.807) is 12.1 Å². The molecule has 1 unspecified atom stereocenters. The minimum atomic E-state index is -0.416. The second-order valence-electron chi connectivity index (χ2n) is 3.76. The Labute approximate surface area is 99.7 Å². The van der Waals surface area contributed by atoms with Crippen molar-refractivity contribution in [2.24, 2.45) is 0 Å². The number of halogens is 1. The highest BCUT2D eigenvalue weighted by molar-refractivity contribution is 5.43. The molecule has 94 valence electrons. The minimum absolute atomic E-state index is 0.204. The summed E-state index contributed by atoms with van der Waals surface area (Å²) in [4.78, 5) is 0. The number of hydrogen-bond donors (Lipinski definition) is 1. The average molecular weight is 241 g/mol. The highest BCUT2D eigenvalue weighted by Crippen LogP contribution is 2.35. The quantitative estimate of drug-likeness (QED) is 0.870. The first-order valence-electron chi connectivity index (χ1n) is 5.50. The molecule has 1 aromatic rings. The van der Waals surface area contributed by atoms with Crippen molar-refractivity contribution in [2.75, 3.05) is 33.9 Å². The van der Waals surface area contributed by atoms with Gasteiger partial charge >= 0.3 is 0 Å². The van der Waals surface area contributed by atoms with Gasteiger partial charge < -0.3 is 19.5 Å². The third kappa shape index (κ3) is 2.35. The van der Waals surface area contributed by atoms with Crippen LogP contribution in [0.3, 0.4) is 0 Å². The first kappa shape index (κ1) is 12.1. The molecule has 0 bridgehead atoms. The summed E-state index contributed by atoms with van der Waals surface area (Å²) in [7, 11) is 2.95. The molecule has 1 aromatic carbocycles. The van der Waals surface area contributed by atoms with Crippen molar-refractivity contribution < 1.29 is 18.6 Å². The van der Waals surface area contributed by atoms with Gasteiger partial charge in [-0.05, 0) is 12.1 Å². The highest BCUT2D eigenvalue weighted by Gasteiger charge is 2.25. The Bertz CT molecular complexity index is 392. The Morgan fingerprint density at radius 3 is 2.59 bits per heavy atom. The van der Waals surface area contributed by atoms with E-state index in [1.165, 1.54) is 14.2 Å². The molecule has 1 atom stereocenters. The third-order valence-electron chi connectivity index (χ3n) is 2.79. The number of rotatable bonds is 3. The van der Waals surface area contributed by atoms with Crippen LogP contribution in [0.25, 0.3) is 0 Å². The van der Waals surface area contributed by atoms with E-state index in [4.69, 9.17) is 14.2 Å². The maximum atomic E-state index is 14.2. The smallest absolute Gasteiger partial charge is 0.174 e. The number of morpholine rings is 1. The van der Waals surface area contributed by atoms with E-state index >= 15 is 0 Å². The van der Waals surface area contributed by atoms with Crippen molar-refractivity contribution in [1.82, 2.24) is 5.32 Å². The molecule has 17 heavy (non-hydrogen) atoms. The lowest BCUT2D eigenvalue weighted by molar-refractivity contribution is 0.0237. The molecule has 1 fully saturated rings. The van der Waals surface area contributed by atoms with E-state index in [2.05, 4.69) is 5.32 Å². The summed E-state index contributed by atoms with van der Waals surface area (Å²) in [6.45, 7) is 1.91. The summed E-state index contributed by atoms with van der Waals surface area (Å²) >= 11 is 0. The zero-order chi connectivity index (χ0) is 12.3. The van der Waals surface area contributed by atoms with Crippen molar-refractivity contribution in [2.45, 2.75) is 6.10 Å². The van der Waals surface area contributed by atoms with Gasteiger partial charge in [0.25, 0.3) is 0 Å². The predicted molar refractivity (Wildman–Crippen MR) is 61.1 cm³/mol. The fraction of sp³-hybridized carbons (Fsp3) is 0.500. The lowest BCUT2D eigenvalue weighted by Crippen LogP contribution is -2.34. The topological polar surface area (TPSA) is 39.7 Å². The zero-order valence-corrected chi connectivity index (χ0v) is 9.96. The standard InChI is InChI=1S/C12H16FNO3/c1-15-8-3-4-9(16-2)12(13)11(8)10-7-14-5-6-17-10/h3-4,10,14H,5-7H2,1-2H3. The molecular weight excluding hydrogens is 225 g/mol. The van der Waals surface area contributed by atoms with Crippen LogP contribution < -0.4 is 14.8 Å². The van der Waals surface area contributed by atoms with Crippen LogP contribution >= 0.6 is 0 Å². The van der Waals surface area contributed by atoms with Crippen LogP contribution in [0.2, 0.25) is 0 Å². The largest absolute Gasteiger partial charge is 0.496 e. The molecule has 0 spiro atoms. The number of ether oxygens (including phenoxy) is 3. The molecular formula is C12H16FNO3. The van der Waals surface area contributed by atoms with Crippen molar-refractivity contribution in [3.05, 3.63) is 23.5 Å². The maximum Gasteiger partial charge on any atom is 0.174 e. The van der Waals surface area contributed by atoms with Crippen LogP contribution in [-0.2, 0) is 4.74 Å². The number of nitrogens with one attached hydrogen (secondary N) is 1. The molecule has 5 heteroatoms. The maximum absolute atomic E-state index is 14.2. The summed E-state index contributed by atoms with van der Waals surface area (Å²) < 4.78 is 29.9. The lowest BCUT2D eigenvalue weighted by atomic mass is 10.1. The van der Waals surface area contributed by atoms with Gasteiger partial charge in [-0.25, -0.2) is 4.39 Å². The molecule has 0 radical (unpaired) electrons. The van der Waals surface area contributed by atoms with Gasteiger partial charge in [0.05, 0.1) is 26.4 Å². The monoisotopic (exact) mass is 241 g/mol. The van der Waals surface area contributed by atoms with Gasteiger partial charge in [0, 0.05) is 13.1 Å². The summed E-state index contributed by atoms with van der Waals surface area (Å²) in [6, 6.07) is 3.24. The Morgan fingerprint density at radius 2 is 2.00 bits per heavy atom. The first-order chi connectivity index (χ1) is 8.27. The molecule has 1 aliphatic heterocycles. The summed E-state index contributed by atoms with van der Waals surface area (Å²) in [5.74, 6) is 0.271. The van der Waals surface area contributed by atoms with E-state index < -0.39 is 5.82 Å². The summed E-state index contributed by atoms with van der Waals surface area (Å²) in [6.07, 6.45) is -0.339. The van der Waals surface area contributed by atoms with Crippen LogP contribution in [0, 0.1) is 5.82 Å². The summed E-state index contributed by atoms with van der Waals surface area (Å²) in [5.41, 5.74) is 0.416. The van der Waals surface area contributed by atoms with Gasteiger partial charge in [0.2, 0.25) is 0 Å². The van der Waals surface area contributed by atoms with Crippen LogP contribution in [0.4, 0.5) is 4.39 Å². The molecule has 2 rings (SSSR count). The van der Waals surface area contributed by atoms with Gasteiger partial charge in [0.15, 0.2) is 11.6 Å². The van der Waals surface area contributed by atoms with Gasteiger partial charge in [-0.1, -0.05) is 0 Å². The second kappa shape index (κ2) is 5.33. The Kier molecular flexibility index (Phi) is 3.81. The Hall–Kier alpha value is -1.33. The third-order valence-corrected chi connectivity index (χ3v) is 2.79. The van der Waals surface area contributed by atoms with Crippen molar-refractivity contribution in [3.63, 3.8) is 0 Å².